The van der Waals surface area contributed by atoms with Crippen molar-refractivity contribution in [3.05, 3.63) is 34.5 Å². The van der Waals surface area contributed by atoms with Crippen molar-refractivity contribution >= 4 is 0 Å². The normalized spacial score (nSPS) is 13.0. The Balaban J connectivity index is 2.64. The summed E-state index contributed by atoms with van der Waals surface area (Å²) in [7, 11) is 3.63. The number of aromatic nitrogens is 2. The standard InChI is InChI=1S/C16H25N3O2/c1-9(2)19-16(13(20-7)8-18-19)15(17-6)14-10(3)11(4)21-12(14)5/h8-9,15,17H,1-7H3. The largest absolute Gasteiger partial charge is 0.493 e. The van der Waals surface area contributed by atoms with Crippen LogP contribution in [-0.4, -0.2) is 23.9 Å². The SMILES string of the molecule is CNC(c1c(C)oc(C)c1C)c1c(OC)cnn1C(C)C. The summed E-state index contributed by atoms with van der Waals surface area (Å²) in [4.78, 5) is 0. The summed E-state index contributed by atoms with van der Waals surface area (Å²) in [5.74, 6) is 2.68. The Morgan fingerprint density at radius 3 is 2.33 bits per heavy atom. The van der Waals surface area contributed by atoms with Crippen LogP contribution in [-0.2, 0) is 0 Å². The number of rotatable bonds is 5. The zero-order valence-electron chi connectivity index (χ0n) is 13.9. The number of nitrogens with one attached hydrogen (secondary N) is 1. The molecule has 2 aromatic rings. The van der Waals surface area contributed by atoms with Gasteiger partial charge in [-0.15, -0.1) is 0 Å². The van der Waals surface area contributed by atoms with Gasteiger partial charge in [0.15, 0.2) is 5.75 Å². The second-order valence-electron chi connectivity index (χ2n) is 5.61. The molecule has 5 heteroatoms. The van der Waals surface area contributed by atoms with Crippen LogP contribution in [0.1, 0.15) is 54.3 Å². The molecule has 1 unspecified atom stereocenters. The summed E-state index contributed by atoms with van der Waals surface area (Å²) in [5.41, 5.74) is 3.36. The van der Waals surface area contributed by atoms with Crippen molar-refractivity contribution in [3.63, 3.8) is 0 Å². The van der Waals surface area contributed by atoms with Gasteiger partial charge in [0.2, 0.25) is 0 Å². The van der Waals surface area contributed by atoms with Gasteiger partial charge in [-0.1, -0.05) is 0 Å². The molecule has 0 bridgehead atoms. The van der Waals surface area contributed by atoms with Crippen LogP contribution in [0.4, 0.5) is 0 Å². The minimum Gasteiger partial charge on any atom is -0.493 e. The second kappa shape index (κ2) is 5.93. The molecule has 0 aliphatic rings. The predicted octanol–water partition coefficient (Wildman–Crippen LogP) is 3.30. The third kappa shape index (κ3) is 2.58. The van der Waals surface area contributed by atoms with Crippen molar-refractivity contribution in [2.24, 2.45) is 0 Å². The minimum atomic E-state index is -0.0118. The van der Waals surface area contributed by atoms with Gasteiger partial charge in [0.25, 0.3) is 0 Å². The summed E-state index contributed by atoms with van der Waals surface area (Å²) in [5, 5.41) is 7.85. The van der Waals surface area contributed by atoms with Crippen molar-refractivity contribution in [3.8, 4) is 5.75 Å². The van der Waals surface area contributed by atoms with Gasteiger partial charge < -0.3 is 14.5 Å². The van der Waals surface area contributed by atoms with Crippen LogP contribution < -0.4 is 10.1 Å². The zero-order valence-corrected chi connectivity index (χ0v) is 13.9. The number of ether oxygens (including phenoxy) is 1. The van der Waals surface area contributed by atoms with E-state index in [1.807, 2.05) is 25.6 Å². The van der Waals surface area contributed by atoms with Gasteiger partial charge in [0.05, 0.1) is 19.3 Å². The first kappa shape index (κ1) is 15.6. The lowest BCUT2D eigenvalue weighted by Crippen LogP contribution is -2.24. The van der Waals surface area contributed by atoms with E-state index >= 15 is 0 Å². The molecule has 0 fully saturated rings. The fourth-order valence-electron chi connectivity index (χ4n) is 2.85. The summed E-state index contributed by atoms with van der Waals surface area (Å²) < 4.78 is 13.3. The summed E-state index contributed by atoms with van der Waals surface area (Å²) in [6.45, 7) is 10.3. The third-order valence-corrected chi connectivity index (χ3v) is 3.98. The molecule has 0 radical (unpaired) electrons. The van der Waals surface area contributed by atoms with Crippen LogP contribution in [0.15, 0.2) is 10.6 Å². The van der Waals surface area contributed by atoms with Crippen LogP contribution in [0.2, 0.25) is 0 Å². The van der Waals surface area contributed by atoms with E-state index in [-0.39, 0.29) is 12.1 Å². The first-order chi connectivity index (χ1) is 9.92. The Morgan fingerprint density at radius 2 is 1.90 bits per heavy atom. The lowest BCUT2D eigenvalue weighted by molar-refractivity contribution is 0.395. The van der Waals surface area contributed by atoms with Gasteiger partial charge in [-0.05, 0) is 47.2 Å². The van der Waals surface area contributed by atoms with E-state index < -0.39 is 0 Å². The highest BCUT2D eigenvalue weighted by Gasteiger charge is 2.28. The van der Waals surface area contributed by atoms with E-state index in [2.05, 4.69) is 31.2 Å². The van der Waals surface area contributed by atoms with Crippen LogP contribution in [0, 0.1) is 20.8 Å². The van der Waals surface area contributed by atoms with E-state index in [1.165, 1.54) is 5.56 Å². The van der Waals surface area contributed by atoms with E-state index in [4.69, 9.17) is 9.15 Å². The van der Waals surface area contributed by atoms with Crippen molar-refractivity contribution < 1.29 is 9.15 Å². The van der Waals surface area contributed by atoms with Crippen LogP contribution in [0.5, 0.6) is 5.75 Å². The molecule has 0 saturated heterocycles. The molecule has 1 N–H and O–H groups in total. The van der Waals surface area contributed by atoms with E-state index in [0.29, 0.717) is 0 Å². The maximum atomic E-state index is 5.79. The number of hydrogen-bond acceptors (Lipinski definition) is 4. The topological polar surface area (TPSA) is 52.2 Å². The maximum Gasteiger partial charge on any atom is 0.161 e. The van der Waals surface area contributed by atoms with Crippen molar-refractivity contribution in [2.75, 3.05) is 14.2 Å². The van der Waals surface area contributed by atoms with E-state index in [0.717, 1.165) is 28.5 Å². The molecule has 21 heavy (non-hydrogen) atoms. The maximum absolute atomic E-state index is 5.79. The molecule has 0 aliphatic carbocycles. The van der Waals surface area contributed by atoms with Gasteiger partial charge >= 0.3 is 0 Å². The third-order valence-electron chi connectivity index (χ3n) is 3.98. The molecular formula is C16H25N3O2. The summed E-state index contributed by atoms with van der Waals surface area (Å²) >= 11 is 0. The Labute approximate surface area is 126 Å². The molecule has 0 amide bonds. The molecule has 116 valence electrons. The Kier molecular flexibility index (Phi) is 4.42. The smallest absolute Gasteiger partial charge is 0.161 e. The molecule has 0 saturated carbocycles. The lowest BCUT2D eigenvalue weighted by atomic mass is 9.98. The van der Waals surface area contributed by atoms with Crippen molar-refractivity contribution in [1.29, 1.82) is 0 Å². The first-order valence-corrected chi connectivity index (χ1v) is 7.27. The highest BCUT2D eigenvalue weighted by Crippen LogP contribution is 2.36. The number of aryl methyl sites for hydroxylation is 2. The molecule has 2 aromatic heterocycles. The van der Waals surface area contributed by atoms with E-state index in [1.54, 1.807) is 13.3 Å². The fourth-order valence-corrected chi connectivity index (χ4v) is 2.85. The van der Waals surface area contributed by atoms with Gasteiger partial charge in [-0.25, -0.2) is 0 Å². The first-order valence-electron chi connectivity index (χ1n) is 7.27. The summed E-state index contributed by atoms with van der Waals surface area (Å²) in [6, 6.07) is 0.246. The monoisotopic (exact) mass is 291 g/mol. The van der Waals surface area contributed by atoms with Gasteiger partial charge in [0.1, 0.15) is 17.2 Å². The number of nitrogens with zero attached hydrogens (tertiary/aromatic N) is 2. The fraction of sp³-hybridized carbons (Fsp3) is 0.562. The average Bonchev–Trinajstić information content (AvgIpc) is 2.96. The lowest BCUT2D eigenvalue weighted by Gasteiger charge is -2.21. The Morgan fingerprint density at radius 1 is 1.24 bits per heavy atom. The molecule has 2 rings (SSSR count). The minimum absolute atomic E-state index is 0.0118. The van der Waals surface area contributed by atoms with Crippen molar-refractivity contribution in [2.45, 2.75) is 46.7 Å². The summed E-state index contributed by atoms with van der Waals surface area (Å²) in [6.07, 6.45) is 1.78. The molecule has 0 spiro atoms. The molecule has 0 aliphatic heterocycles. The highest BCUT2D eigenvalue weighted by atomic mass is 16.5. The number of hydrogen-bond donors (Lipinski definition) is 1. The molecule has 1 atom stereocenters. The predicted molar refractivity (Wildman–Crippen MR) is 83.0 cm³/mol. The van der Waals surface area contributed by atoms with Crippen molar-refractivity contribution in [1.82, 2.24) is 15.1 Å². The quantitative estimate of drug-likeness (QED) is 0.918. The van der Waals surface area contributed by atoms with Gasteiger partial charge in [-0.3, -0.25) is 4.68 Å². The zero-order chi connectivity index (χ0) is 15.7. The van der Waals surface area contributed by atoms with Gasteiger partial charge in [-0.2, -0.15) is 5.10 Å². The molecule has 2 heterocycles. The Bertz CT molecular complexity index is 626. The average molecular weight is 291 g/mol. The molecule has 5 nitrogen and oxygen atoms in total. The Hall–Kier alpha value is -1.75. The van der Waals surface area contributed by atoms with Gasteiger partial charge in [0, 0.05) is 11.6 Å². The highest BCUT2D eigenvalue weighted by molar-refractivity contribution is 5.43. The molecule has 0 aromatic carbocycles. The number of furan rings is 1. The second-order valence-corrected chi connectivity index (χ2v) is 5.61. The molecular weight excluding hydrogens is 266 g/mol. The number of methoxy groups -OCH3 is 1. The van der Waals surface area contributed by atoms with E-state index in [9.17, 15) is 0 Å². The van der Waals surface area contributed by atoms with Crippen LogP contribution >= 0.6 is 0 Å². The van der Waals surface area contributed by atoms with Crippen LogP contribution in [0.25, 0.3) is 0 Å². The van der Waals surface area contributed by atoms with Crippen LogP contribution in [0.3, 0.4) is 0 Å².